The Labute approximate surface area is 298 Å². The summed E-state index contributed by atoms with van der Waals surface area (Å²) >= 11 is 0. The van der Waals surface area contributed by atoms with Crippen molar-refractivity contribution in [1.82, 2.24) is 9.97 Å². The Morgan fingerprint density at radius 1 is 0.961 bits per heavy atom. The molecule has 5 unspecified atom stereocenters. The van der Waals surface area contributed by atoms with Crippen LogP contribution in [0.2, 0.25) is 0 Å². The molecule has 51 heavy (non-hydrogen) atoms. The highest BCUT2D eigenvalue weighted by Crippen LogP contribution is 2.44. The lowest BCUT2D eigenvalue weighted by molar-refractivity contribution is -0.125. The molecule has 0 spiro atoms. The third-order valence-electron chi connectivity index (χ3n) is 11.4. The molecule has 3 aromatic carbocycles. The normalized spacial score (nSPS) is 22.2. The molecule has 5 atom stereocenters. The van der Waals surface area contributed by atoms with Gasteiger partial charge in [0.1, 0.15) is 17.4 Å². The maximum Gasteiger partial charge on any atom is 0.291 e. The number of aromatic amines is 1. The van der Waals surface area contributed by atoms with Crippen molar-refractivity contribution in [3.63, 3.8) is 0 Å². The lowest BCUT2D eigenvalue weighted by Crippen LogP contribution is -2.28. The Morgan fingerprint density at radius 3 is 2.33 bits per heavy atom. The summed E-state index contributed by atoms with van der Waals surface area (Å²) in [5.41, 5.74) is 4.71. The lowest BCUT2D eigenvalue weighted by atomic mass is 9.75. The van der Waals surface area contributed by atoms with E-state index >= 15 is 0 Å². The number of fused-ring (bicyclic) bond motifs is 2. The van der Waals surface area contributed by atoms with E-state index in [1.54, 1.807) is 0 Å². The summed E-state index contributed by atoms with van der Waals surface area (Å²) in [6.07, 6.45) is 6.82. The molecule has 1 saturated carbocycles. The number of H-pyrrole nitrogens is 1. The Bertz CT molecular complexity index is 1870. The molecule has 2 aliphatic rings. The number of allylic oxidation sites excluding steroid dienone is 2. The summed E-state index contributed by atoms with van der Waals surface area (Å²) in [5.74, 6) is -4.99. The van der Waals surface area contributed by atoms with E-state index < -0.39 is 23.0 Å². The van der Waals surface area contributed by atoms with E-state index in [1.807, 2.05) is 26.0 Å². The van der Waals surface area contributed by atoms with Crippen LogP contribution >= 0.6 is 0 Å². The van der Waals surface area contributed by atoms with Crippen LogP contribution in [0.4, 0.5) is 17.6 Å². The zero-order chi connectivity index (χ0) is 36.5. The molecule has 0 radical (unpaired) electrons. The highest BCUT2D eigenvalue weighted by atomic mass is 19.3. The fraction of sp³-hybridized carbons (Fsp3) is 0.442. The number of benzene rings is 3. The minimum atomic E-state index is -3.46. The van der Waals surface area contributed by atoms with Gasteiger partial charge in [-0.1, -0.05) is 52.0 Å². The van der Waals surface area contributed by atoms with Crippen LogP contribution in [0.5, 0.6) is 5.75 Å². The van der Waals surface area contributed by atoms with E-state index in [9.17, 15) is 22.4 Å². The van der Waals surface area contributed by atoms with Gasteiger partial charge < -0.3 is 9.72 Å². The molecular weight excluding hydrogens is 652 g/mol. The minimum Gasteiger partial charge on any atom is -0.493 e. The number of nitrogens with one attached hydrogen (secondary N) is 1. The van der Waals surface area contributed by atoms with Crippen molar-refractivity contribution in [1.29, 1.82) is 0 Å². The molecule has 0 amide bonds. The summed E-state index contributed by atoms with van der Waals surface area (Å²) in [7, 11) is 0. The molecule has 1 aliphatic heterocycles. The molecule has 8 heteroatoms. The van der Waals surface area contributed by atoms with Gasteiger partial charge in [0, 0.05) is 23.5 Å². The standard InChI is InChI=1S/C43H48F4N2O2/c1-6-42(44,45)36-21-34(22-37(25-36)43(46,47)7-2)31-11-9-8-10-30(19-31)27(4)40(50)24-29-16-17-51-41-15-13-32(20-35(41)18-26(29)3)33-12-14-38-39(23-33)49-28(5)48-38/h6-7,12-15,20-23,25-27,29-31H,1-2,8-11,16-19,24H2,3-5H3,(H,48,49). The number of Topliss-reactive ketones (excluding diaryl/α,β-unsaturated/α-hetero) is 1. The molecule has 0 saturated heterocycles. The number of ketones is 1. The number of imidazole rings is 1. The smallest absolute Gasteiger partial charge is 0.291 e. The first kappa shape index (κ1) is 36.6. The number of carbonyl (C=O) groups is 1. The van der Waals surface area contributed by atoms with Crippen molar-refractivity contribution < 1.29 is 27.1 Å². The van der Waals surface area contributed by atoms with Crippen LogP contribution < -0.4 is 4.74 Å². The molecular formula is C43H48F4N2O2. The van der Waals surface area contributed by atoms with Gasteiger partial charge in [0.15, 0.2) is 0 Å². The second-order valence-electron chi connectivity index (χ2n) is 14.9. The number of aryl methyl sites for hydroxylation is 1. The molecule has 6 rings (SSSR count). The Hall–Kier alpha value is -4.20. The zero-order valence-corrected chi connectivity index (χ0v) is 29.8. The summed E-state index contributed by atoms with van der Waals surface area (Å²) in [6, 6.07) is 16.1. The van der Waals surface area contributed by atoms with Crippen LogP contribution in [0.3, 0.4) is 0 Å². The predicted molar refractivity (Wildman–Crippen MR) is 195 cm³/mol. The summed E-state index contributed by atoms with van der Waals surface area (Å²) in [5, 5.41) is 0. The highest BCUT2D eigenvalue weighted by molar-refractivity contribution is 5.82. The molecule has 0 bridgehead atoms. The summed E-state index contributed by atoms with van der Waals surface area (Å²) < 4.78 is 65.4. The molecule has 270 valence electrons. The van der Waals surface area contributed by atoms with E-state index in [0.717, 1.165) is 77.5 Å². The van der Waals surface area contributed by atoms with Crippen molar-refractivity contribution in [2.45, 2.75) is 89.9 Å². The van der Waals surface area contributed by atoms with Gasteiger partial charge >= 0.3 is 0 Å². The molecule has 1 aliphatic carbocycles. The number of carbonyl (C=O) groups excluding carboxylic acids is 1. The quantitative estimate of drug-likeness (QED) is 0.102. The van der Waals surface area contributed by atoms with E-state index in [1.165, 1.54) is 12.1 Å². The number of rotatable bonds is 10. The maximum atomic E-state index is 14.8. The zero-order valence-electron chi connectivity index (χ0n) is 29.8. The van der Waals surface area contributed by atoms with Crippen LogP contribution in [0.25, 0.3) is 22.2 Å². The third-order valence-corrected chi connectivity index (χ3v) is 11.4. The van der Waals surface area contributed by atoms with E-state index in [0.29, 0.717) is 43.6 Å². The van der Waals surface area contributed by atoms with Crippen molar-refractivity contribution in [3.8, 4) is 16.9 Å². The van der Waals surface area contributed by atoms with Crippen LogP contribution in [0.15, 0.2) is 79.9 Å². The van der Waals surface area contributed by atoms with Gasteiger partial charge in [-0.25, -0.2) is 4.98 Å². The number of halogens is 4. The van der Waals surface area contributed by atoms with Crippen molar-refractivity contribution in [2.24, 2.45) is 23.7 Å². The summed E-state index contributed by atoms with van der Waals surface area (Å²) in [4.78, 5) is 21.8. The SMILES string of the molecule is C=CC(F)(F)c1cc(C2CCCCC(C(C)C(=O)CC3CCOc4ccc(-c5ccc6nc(C)[nH]c6c5)cc4CC3C)C2)cc(C(F)(F)C=C)c1. The highest BCUT2D eigenvalue weighted by Gasteiger charge is 2.36. The summed E-state index contributed by atoms with van der Waals surface area (Å²) in [6.45, 7) is 13.1. The number of nitrogens with zero attached hydrogens (tertiary/aromatic N) is 1. The Kier molecular flexibility index (Phi) is 10.6. The van der Waals surface area contributed by atoms with Gasteiger partial charge in [0.2, 0.25) is 0 Å². The molecule has 1 fully saturated rings. The van der Waals surface area contributed by atoms with E-state index in [4.69, 9.17) is 4.74 Å². The van der Waals surface area contributed by atoms with Crippen molar-refractivity contribution in [2.75, 3.05) is 6.61 Å². The van der Waals surface area contributed by atoms with Crippen molar-refractivity contribution >= 4 is 16.8 Å². The number of hydrogen-bond acceptors (Lipinski definition) is 3. The van der Waals surface area contributed by atoms with Gasteiger partial charge in [-0.05, 0) is 140 Å². The molecule has 4 nitrogen and oxygen atoms in total. The Balaban J connectivity index is 1.16. The van der Waals surface area contributed by atoms with Gasteiger partial charge in [0.05, 0.1) is 17.6 Å². The molecule has 4 aromatic rings. The van der Waals surface area contributed by atoms with Crippen LogP contribution in [-0.2, 0) is 23.1 Å². The third kappa shape index (κ3) is 8.00. The van der Waals surface area contributed by atoms with Crippen molar-refractivity contribution in [3.05, 3.63) is 108 Å². The number of alkyl halides is 4. The molecule has 1 N–H and O–H groups in total. The van der Waals surface area contributed by atoms with Crippen LogP contribution in [0.1, 0.15) is 92.8 Å². The van der Waals surface area contributed by atoms with Gasteiger partial charge in [0.25, 0.3) is 11.8 Å². The number of aromatic nitrogens is 2. The van der Waals surface area contributed by atoms with Gasteiger partial charge in [-0.3, -0.25) is 4.79 Å². The Morgan fingerprint density at radius 2 is 1.63 bits per heavy atom. The molecule has 1 aromatic heterocycles. The topological polar surface area (TPSA) is 55.0 Å². The second-order valence-corrected chi connectivity index (χ2v) is 14.9. The monoisotopic (exact) mass is 700 g/mol. The first-order chi connectivity index (χ1) is 24.3. The van der Waals surface area contributed by atoms with Crippen LogP contribution in [0, 0.1) is 30.6 Å². The van der Waals surface area contributed by atoms with Gasteiger partial charge in [-0.15, -0.1) is 0 Å². The number of hydrogen-bond donors (Lipinski definition) is 1. The first-order valence-corrected chi connectivity index (χ1v) is 18.2. The molecule has 2 heterocycles. The second kappa shape index (κ2) is 14.8. The average Bonchev–Trinajstić information content (AvgIpc) is 3.31. The average molecular weight is 701 g/mol. The fourth-order valence-corrected chi connectivity index (χ4v) is 8.17. The van der Waals surface area contributed by atoms with Crippen LogP contribution in [-0.4, -0.2) is 22.4 Å². The fourth-order valence-electron chi connectivity index (χ4n) is 8.17. The van der Waals surface area contributed by atoms with Gasteiger partial charge in [-0.2, -0.15) is 17.6 Å². The van der Waals surface area contributed by atoms with E-state index in [2.05, 4.69) is 54.3 Å². The lowest BCUT2D eigenvalue weighted by Gasteiger charge is -2.31. The largest absolute Gasteiger partial charge is 0.493 e. The number of ether oxygens (including phenoxy) is 1. The first-order valence-electron chi connectivity index (χ1n) is 18.2. The van der Waals surface area contributed by atoms with E-state index in [-0.39, 0.29) is 35.4 Å². The maximum absolute atomic E-state index is 14.8. The predicted octanol–water partition coefficient (Wildman–Crippen LogP) is 11.6. The minimum absolute atomic E-state index is 0.0244.